The quantitative estimate of drug-likeness (QED) is 0.343. The molecule has 0 aliphatic rings. The van der Waals surface area contributed by atoms with Crippen molar-refractivity contribution in [1.82, 2.24) is 0 Å². The first kappa shape index (κ1) is 16.2. The van der Waals surface area contributed by atoms with Crippen LogP contribution in [-0.2, 0) is 16.9 Å². The molecule has 0 unspecified atom stereocenters. The molecular weight excluding hydrogens is 284 g/mol. The normalized spacial score (nSPS) is 11.7. The lowest BCUT2D eigenvalue weighted by atomic mass is 10.3. The lowest BCUT2D eigenvalue weighted by molar-refractivity contribution is -0.707. The number of rotatable bonds is 1. The number of aromatic nitrogens is 1. The van der Waals surface area contributed by atoms with E-state index in [2.05, 4.69) is 0 Å². The highest BCUT2D eigenvalue weighted by atomic mass is 35.5. The van der Waals surface area contributed by atoms with Crippen LogP contribution in [0.1, 0.15) is 0 Å². The Hall–Kier alpha value is -0.825. The van der Waals surface area contributed by atoms with Crippen molar-refractivity contribution in [2.75, 3.05) is 6.26 Å². The summed E-state index contributed by atoms with van der Waals surface area (Å²) >= 11 is 5.72. The smallest absolute Gasteiger partial charge is 0.418 e. The molecule has 10 heteroatoms. The third-order valence-electron chi connectivity index (χ3n) is 1.50. The molecule has 3 nitrogen and oxygen atoms in total. The molecule has 0 N–H and O–H groups in total. The lowest BCUT2D eigenvalue weighted by Crippen LogP contribution is -2.36. The van der Waals surface area contributed by atoms with E-state index in [9.17, 15) is 25.7 Å². The summed E-state index contributed by atoms with van der Waals surface area (Å²) in [6.45, 7) is 0. The molecule has 1 rings (SSSR count). The summed E-state index contributed by atoms with van der Waals surface area (Å²) in [7, 11) is -7.57. The predicted octanol–water partition coefficient (Wildman–Crippen LogP) is 1.87. The molecule has 17 heavy (non-hydrogen) atoms. The number of halogens is 5. The second kappa shape index (κ2) is 5.68. The fourth-order valence-electron chi connectivity index (χ4n) is 0.911. The number of pyridine rings is 1. The maximum absolute atomic E-state index is 11.1. The molecule has 0 aliphatic heterocycles. The minimum Gasteiger partial charge on any atom is -0.418 e. The van der Waals surface area contributed by atoms with Gasteiger partial charge in [-0.25, -0.2) is 8.42 Å². The fourth-order valence-corrected chi connectivity index (χ4v) is 2.05. The van der Waals surface area contributed by atoms with Gasteiger partial charge in [-0.2, -0.15) is 4.57 Å². The van der Waals surface area contributed by atoms with Gasteiger partial charge in [0.05, 0.1) is 0 Å². The summed E-state index contributed by atoms with van der Waals surface area (Å²) in [5, 5.41) is 0.618. The van der Waals surface area contributed by atoms with Gasteiger partial charge in [-0.05, 0) is 17.7 Å². The molecule has 1 aromatic heterocycles. The van der Waals surface area contributed by atoms with E-state index >= 15 is 0 Å². The second-order valence-corrected chi connectivity index (χ2v) is 5.36. The van der Waals surface area contributed by atoms with E-state index in [0.29, 0.717) is 5.15 Å². The van der Waals surface area contributed by atoms with Gasteiger partial charge in [0.1, 0.15) is 7.05 Å². The molecule has 1 heterocycles. The van der Waals surface area contributed by atoms with E-state index < -0.39 is 17.1 Å². The van der Waals surface area contributed by atoms with Gasteiger partial charge < -0.3 is 17.3 Å². The minimum atomic E-state index is -6.00. The Morgan fingerprint density at radius 3 is 1.94 bits per heavy atom. The van der Waals surface area contributed by atoms with Crippen LogP contribution >= 0.6 is 11.6 Å². The number of hydrogen-bond acceptors (Lipinski definition) is 2. The molecule has 0 aromatic carbocycles. The summed E-state index contributed by atoms with van der Waals surface area (Å²) in [4.78, 5) is 0. The van der Waals surface area contributed by atoms with Crippen LogP contribution in [0.2, 0.25) is 5.15 Å². The van der Waals surface area contributed by atoms with Gasteiger partial charge in [0, 0.05) is 18.4 Å². The van der Waals surface area contributed by atoms with Crippen LogP contribution in [0.25, 0.3) is 0 Å². The molecule has 1 aromatic rings. The fraction of sp³-hybridized carbons (Fsp3) is 0.286. The van der Waals surface area contributed by atoms with E-state index in [1.54, 1.807) is 19.2 Å². The van der Waals surface area contributed by atoms with Crippen molar-refractivity contribution < 1.29 is 30.2 Å². The lowest BCUT2D eigenvalue weighted by Gasteiger charge is -1.96. The monoisotopic (exact) mass is 293 g/mol. The zero-order chi connectivity index (χ0) is 13.9. The maximum Gasteiger partial charge on any atom is 0.673 e. The van der Waals surface area contributed by atoms with Crippen molar-refractivity contribution >= 4 is 28.7 Å². The molecule has 0 radical (unpaired) electrons. The van der Waals surface area contributed by atoms with Gasteiger partial charge >= 0.3 is 7.25 Å². The summed E-state index contributed by atoms with van der Waals surface area (Å²) in [6, 6.07) is 4.76. The van der Waals surface area contributed by atoms with Crippen molar-refractivity contribution in [3.63, 3.8) is 0 Å². The van der Waals surface area contributed by atoms with Crippen LogP contribution in [-0.4, -0.2) is 21.9 Å². The average Bonchev–Trinajstić information content (AvgIpc) is 2.04. The van der Waals surface area contributed by atoms with E-state index in [1.165, 1.54) is 10.6 Å². The van der Waals surface area contributed by atoms with Crippen molar-refractivity contribution in [2.45, 2.75) is 5.03 Å². The first-order valence-electron chi connectivity index (χ1n) is 4.15. The van der Waals surface area contributed by atoms with Crippen LogP contribution in [0.15, 0.2) is 23.2 Å². The molecule has 0 fully saturated rings. The van der Waals surface area contributed by atoms with Crippen molar-refractivity contribution in [3.05, 3.63) is 23.4 Å². The van der Waals surface area contributed by atoms with Gasteiger partial charge in [-0.3, -0.25) is 0 Å². The highest BCUT2D eigenvalue weighted by Crippen LogP contribution is 2.07. The standard InChI is InChI=1S/C7H9ClNO2S.BF4/c1-9-6(8)4-3-5-7(9)12(2,10)11;2-1(3,4)5/h3-5H,1-2H3;/q+1;-1. The Morgan fingerprint density at radius 1 is 1.24 bits per heavy atom. The second-order valence-electron chi connectivity index (χ2n) is 3.01. The number of hydrogen-bond donors (Lipinski definition) is 0. The Balaban J connectivity index is 0.000000437. The third-order valence-corrected chi connectivity index (χ3v) is 3.05. The molecular formula is C7H9BClF4NO2S. The molecule has 0 saturated heterocycles. The first-order chi connectivity index (χ1) is 7.43. The predicted molar refractivity (Wildman–Crippen MR) is 55.9 cm³/mol. The third kappa shape index (κ3) is 7.16. The zero-order valence-corrected chi connectivity index (χ0v) is 10.4. The van der Waals surface area contributed by atoms with E-state index in [0.717, 1.165) is 6.26 Å². The van der Waals surface area contributed by atoms with Gasteiger partial charge in [0.15, 0.2) is 0 Å². The van der Waals surface area contributed by atoms with Crippen LogP contribution < -0.4 is 4.57 Å². The molecule has 0 amide bonds. The van der Waals surface area contributed by atoms with Crippen molar-refractivity contribution in [3.8, 4) is 0 Å². The number of sulfone groups is 1. The molecule has 98 valence electrons. The average molecular weight is 293 g/mol. The summed E-state index contributed by atoms with van der Waals surface area (Å²) < 4.78 is 62.7. The zero-order valence-electron chi connectivity index (χ0n) is 8.87. The SMILES string of the molecule is C[n+]1c(Cl)cccc1S(C)(=O)=O.F[B-](F)(F)F. The molecule has 0 atom stereocenters. The molecule has 0 bridgehead atoms. The van der Waals surface area contributed by atoms with Crippen LogP contribution in [0.5, 0.6) is 0 Å². The Bertz CT molecular complexity index is 485. The molecule has 0 saturated carbocycles. The van der Waals surface area contributed by atoms with Crippen molar-refractivity contribution in [1.29, 1.82) is 0 Å². The van der Waals surface area contributed by atoms with Crippen LogP contribution in [0.4, 0.5) is 17.3 Å². The summed E-state index contributed by atoms with van der Waals surface area (Å²) in [5.74, 6) is 0. The van der Waals surface area contributed by atoms with Gasteiger partial charge in [-0.1, -0.05) is 0 Å². The maximum atomic E-state index is 11.1. The summed E-state index contributed by atoms with van der Waals surface area (Å²) in [5.41, 5.74) is 0. The van der Waals surface area contributed by atoms with Crippen molar-refractivity contribution in [2.24, 2.45) is 7.05 Å². The topological polar surface area (TPSA) is 38.0 Å². The van der Waals surface area contributed by atoms with Crippen LogP contribution in [0, 0.1) is 0 Å². The Kier molecular flexibility index (Phi) is 5.40. The van der Waals surface area contributed by atoms with E-state index in [-0.39, 0.29) is 5.03 Å². The van der Waals surface area contributed by atoms with Gasteiger partial charge in [0.2, 0.25) is 9.84 Å². The Morgan fingerprint density at radius 2 is 1.65 bits per heavy atom. The Labute approximate surface area is 101 Å². The van der Waals surface area contributed by atoms with Gasteiger partial charge in [-0.15, -0.1) is 0 Å². The highest BCUT2D eigenvalue weighted by Gasteiger charge is 2.21. The molecule has 0 spiro atoms. The summed E-state index contributed by atoms with van der Waals surface area (Å²) in [6.07, 6.45) is 1.15. The first-order valence-corrected chi connectivity index (χ1v) is 6.42. The van der Waals surface area contributed by atoms with E-state index in [1.807, 2.05) is 0 Å². The largest absolute Gasteiger partial charge is 0.673 e. The van der Waals surface area contributed by atoms with E-state index in [4.69, 9.17) is 11.6 Å². The highest BCUT2D eigenvalue weighted by molar-refractivity contribution is 7.90. The van der Waals surface area contributed by atoms with Gasteiger partial charge in [0.25, 0.3) is 10.2 Å². The number of nitrogens with zero attached hydrogens (tertiary/aromatic N) is 1. The molecule has 0 aliphatic carbocycles. The minimum absolute atomic E-state index is 0.218. The van der Waals surface area contributed by atoms with Crippen LogP contribution in [0.3, 0.4) is 0 Å².